The molecule has 1 amide bonds. The molecule has 1 fully saturated rings. The number of piperidine rings is 1. The van der Waals surface area contributed by atoms with Gasteiger partial charge in [0.05, 0.1) is 10.3 Å². The molecule has 148 valence electrons. The molecule has 5 rings (SSSR count). The van der Waals surface area contributed by atoms with E-state index in [-0.39, 0.29) is 11.8 Å². The van der Waals surface area contributed by atoms with E-state index in [0.29, 0.717) is 0 Å². The zero-order valence-corrected chi connectivity index (χ0v) is 17.6. The Morgan fingerprint density at radius 3 is 2.59 bits per heavy atom. The molecule has 5 nitrogen and oxygen atoms in total. The summed E-state index contributed by atoms with van der Waals surface area (Å²) in [6.45, 7) is 6.01. The smallest absolute Gasteiger partial charge is 0.264 e. The summed E-state index contributed by atoms with van der Waals surface area (Å²) in [5.74, 6) is 1.24. The van der Waals surface area contributed by atoms with Crippen molar-refractivity contribution in [2.75, 3.05) is 13.1 Å². The lowest BCUT2D eigenvalue weighted by molar-refractivity contribution is 0.0728. The number of benzene rings is 1. The zero-order chi connectivity index (χ0) is 20.0. The van der Waals surface area contributed by atoms with Crippen LogP contribution in [0.25, 0.3) is 27.3 Å². The van der Waals surface area contributed by atoms with Crippen molar-refractivity contribution in [3.8, 4) is 11.4 Å². The molecule has 0 radical (unpaired) electrons. The van der Waals surface area contributed by atoms with E-state index < -0.39 is 0 Å². The minimum atomic E-state index is 0.155. The highest BCUT2D eigenvalue weighted by molar-refractivity contribution is 7.20. The standard InChI is InChI=1S/C23H24N4OS/c1-15(2)17-18-21-24-11-14-27(21)20(16-9-5-3-6-10-16)25-22(18)29-19(17)23(28)26-12-7-4-8-13-26/h3,5-6,9-11,14-15H,4,7-8,12-13H2,1-2H3. The number of likely N-dealkylation sites (tertiary alicyclic amines) is 1. The number of nitrogens with zero attached hydrogens (tertiary/aromatic N) is 4. The van der Waals surface area contributed by atoms with Gasteiger partial charge < -0.3 is 4.90 Å². The second-order valence-electron chi connectivity index (χ2n) is 7.95. The Bertz CT molecular complexity index is 1190. The normalized spacial score (nSPS) is 14.9. The van der Waals surface area contributed by atoms with Crippen molar-refractivity contribution < 1.29 is 4.79 Å². The molecule has 1 aliphatic heterocycles. The number of hydrogen-bond donors (Lipinski definition) is 0. The fourth-order valence-electron chi connectivity index (χ4n) is 4.28. The molecule has 1 aliphatic rings. The first-order valence-corrected chi connectivity index (χ1v) is 11.1. The predicted molar refractivity (Wildman–Crippen MR) is 118 cm³/mol. The van der Waals surface area contributed by atoms with Gasteiger partial charge in [0.15, 0.2) is 0 Å². The van der Waals surface area contributed by atoms with E-state index in [9.17, 15) is 4.79 Å². The molecular weight excluding hydrogens is 380 g/mol. The number of carbonyl (C=O) groups is 1. The van der Waals surface area contributed by atoms with Crippen LogP contribution in [-0.4, -0.2) is 38.3 Å². The highest BCUT2D eigenvalue weighted by atomic mass is 32.1. The van der Waals surface area contributed by atoms with Crippen molar-refractivity contribution in [1.82, 2.24) is 19.3 Å². The van der Waals surface area contributed by atoms with Crippen LogP contribution in [0.3, 0.4) is 0 Å². The minimum Gasteiger partial charge on any atom is -0.338 e. The van der Waals surface area contributed by atoms with Gasteiger partial charge in [0.25, 0.3) is 5.91 Å². The van der Waals surface area contributed by atoms with Crippen LogP contribution in [0.2, 0.25) is 0 Å². The van der Waals surface area contributed by atoms with E-state index in [4.69, 9.17) is 4.98 Å². The fourth-order valence-corrected chi connectivity index (χ4v) is 5.57. The highest BCUT2D eigenvalue weighted by Gasteiger charge is 2.28. The molecule has 4 heterocycles. The molecule has 0 atom stereocenters. The van der Waals surface area contributed by atoms with Crippen molar-refractivity contribution in [1.29, 1.82) is 0 Å². The van der Waals surface area contributed by atoms with Gasteiger partial charge in [-0.2, -0.15) is 0 Å². The summed E-state index contributed by atoms with van der Waals surface area (Å²) in [6, 6.07) is 10.2. The third kappa shape index (κ3) is 3.02. The Morgan fingerprint density at radius 2 is 1.86 bits per heavy atom. The van der Waals surface area contributed by atoms with Crippen LogP contribution in [0, 0.1) is 0 Å². The van der Waals surface area contributed by atoms with Gasteiger partial charge in [-0.1, -0.05) is 44.2 Å². The van der Waals surface area contributed by atoms with Crippen molar-refractivity contribution in [2.45, 2.75) is 39.0 Å². The number of imidazole rings is 1. The van der Waals surface area contributed by atoms with Crippen LogP contribution in [-0.2, 0) is 0 Å². The number of rotatable bonds is 3. The second kappa shape index (κ2) is 7.26. The molecule has 0 aliphatic carbocycles. The van der Waals surface area contributed by atoms with Gasteiger partial charge in [-0.25, -0.2) is 9.97 Å². The molecule has 4 aromatic rings. The maximum Gasteiger partial charge on any atom is 0.264 e. The number of hydrogen-bond acceptors (Lipinski definition) is 4. The van der Waals surface area contributed by atoms with E-state index >= 15 is 0 Å². The summed E-state index contributed by atoms with van der Waals surface area (Å²) in [7, 11) is 0. The van der Waals surface area contributed by atoms with Gasteiger partial charge in [0, 0.05) is 31.0 Å². The van der Waals surface area contributed by atoms with Crippen LogP contribution >= 0.6 is 11.3 Å². The second-order valence-corrected chi connectivity index (χ2v) is 8.95. The van der Waals surface area contributed by atoms with Crippen LogP contribution in [0.1, 0.15) is 54.3 Å². The number of amides is 1. The molecule has 0 unspecified atom stereocenters. The molecule has 0 bridgehead atoms. The summed E-state index contributed by atoms with van der Waals surface area (Å²) in [5.41, 5.74) is 3.01. The number of fused-ring (bicyclic) bond motifs is 3. The fraction of sp³-hybridized carbons (Fsp3) is 0.348. The number of thiophene rings is 1. The predicted octanol–water partition coefficient (Wildman–Crippen LogP) is 5.36. The van der Waals surface area contributed by atoms with Crippen molar-refractivity contribution >= 4 is 33.1 Å². The van der Waals surface area contributed by atoms with Gasteiger partial charge in [0.1, 0.15) is 16.3 Å². The monoisotopic (exact) mass is 404 g/mol. The minimum absolute atomic E-state index is 0.155. The van der Waals surface area contributed by atoms with Crippen LogP contribution in [0.15, 0.2) is 42.7 Å². The van der Waals surface area contributed by atoms with Crippen LogP contribution < -0.4 is 0 Å². The molecule has 6 heteroatoms. The van der Waals surface area contributed by atoms with E-state index in [1.165, 1.54) is 17.8 Å². The Labute approximate surface area is 174 Å². The van der Waals surface area contributed by atoms with E-state index in [1.54, 1.807) is 0 Å². The molecule has 0 saturated carbocycles. The van der Waals surface area contributed by atoms with Crippen molar-refractivity contribution in [3.05, 3.63) is 53.2 Å². The van der Waals surface area contributed by atoms with Crippen LogP contribution in [0.5, 0.6) is 0 Å². The Balaban J connectivity index is 1.76. The lowest BCUT2D eigenvalue weighted by Gasteiger charge is -2.26. The summed E-state index contributed by atoms with van der Waals surface area (Å²) >= 11 is 1.53. The summed E-state index contributed by atoms with van der Waals surface area (Å²) in [6.07, 6.45) is 7.17. The quantitative estimate of drug-likeness (QED) is 0.462. The first kappa shape index (κ1) is 18.3. The third-order valence-corrected chi connectivity index (χ3v) is 6.76. The maximum atomic E-state index is 13.4. The van der Waals surface area contributed by atoms with Gasteiger partial charge in [0.2, 0.25) is 0 Å². The Morgan fingerprint density at radius 1 is 1.10 bits per heavy atom. The Kier molecular flexibility index (Phi) is 4.59. The average molecular weight is 405 g/mol. The summed E-state index contributed by atoms with van der Waals surface area (Å²) < 4.78 is 2.05. The molecule has 3 aromatic heterocycles. The van der Waals surface area contributed by atoms with Crippen LogP contribution in [0.4, 0.5) is 0 Å². The van der Waals surface area contributed by atoms with Gasteiger partial charge in [-0.05, 0) is 30.7 Å². The first-order chi connectivity index (χ1) is 14.1. The highest BCUT2D eigenvalue weighted by Crippen LogP contribution is 2.39. The summed E-state index contributed by atoms with van der Waals surface area (Å²) in [4.78, 5) is 26.8. The number of aromatic nitrogens is 3. The van der Waals surface area contributed by atoms with Gasteiger partial charge in [-0.3, -0.25) is 9.20 Å². The third-order valence-electron chi connectivity index (χ3n) is 5.67. The van der Waals surface area contributed by atoms with Gasteiger partial charge >= 0.3 is 0 Å². The van der Waals surface area contributed by atoms with Gasteiger partial charge in [-0.15, -0.1) is 11.3 Å². The molecule has 29 heavy (non-hydrogen) atoms. The largest absolute Gasteiger partial charge is 0.338 e. The molecule has 1 saturated heterocycles. The Hall–Kier alpha value is -2.73. The molecule has 0 N–H and O–H groups in total. The topological polar surface area (TPSA) is 50.5 Å². The zero-order valence-electron chi connectivity index (χ0n) is 16.8. The molecule has 0 spiro atoms. The lowest BCUT2D eigenvalue weighted by atomic mass is 9.99. The van der Waals surface area contributed by atoms with E-state index in [1.807, 2.05) is 39.9 Å². The molecular formula is C23H24N4OS. The first-order valence-electron chi connectivity index (χ1n) is 10.3. The average Bonchev–Trinajstić information content (AvgIpc) is 3.38. The summed E-state index contributed by atoms with van der Waals surface area (Å²) in [5, 5.41) is 1.02. The molecule has 1 aromatic carbocycles. The number of carbonyl (C=O) groups excluding carboxylic acids is 1. The van der Waals surface area contributed by atoms with E-state index in [2.05, 4.69) is 31.0 Å². The van der Waals surface area contributed by atoms with E-state index in [0.717, 1.165) is 63.6 Å². The lowest BCUT2D eigenvalue weighted by Crippen LogP contribution is -2.35. The van der Waals surface area contributed by atoms with Crippen molar-refractivity contribution in [3.63, 3.8) is 0 Å². The van der Waals surface area contributed by atoms with Crippen molar-refractivity contribution in [2.24, 2.45) is 0 Å². The SMILES string of the molecule is CC(C)c1c(C(=O)N2CCCCC2)sc2nc(-c3ccccc3)n3ccnc3c12. The maximum absolute atomic E-state index is 13.4.